The summed E-state index contributed by atoms with van der Waals surface area (Å²) in [6, 6.07) is 17.0. The first-order chi connectivity index (χ1) is 13.7. The number of rotatable bonds is 7. The summed E-state index contributed by atoms with van der Waals surface area (Å²) >= 11 is 0. The van der Waals surface area contributed by atoms with Gasteiger partial charge in [-0.3, -0.25) is 9.59 Å². The summed E-state index contributed by atoms with van der Waals surface area (Å²) < 4.78 is 0. The third kappa shape index (κ3) is 4.27. The van der Waals surface area contributed by atoms with E-state index >= 15 is 0 Å². The molecule has 0 heterocycles. The Hall–Kier alpha value is -2.62. The first-order valence-electron chi connectivity index (χ1n) is 10.4. The van der Waals surface area contributed by atoms with Crippen molar-refractivity contribution in [1.82, 2.24) is 10.6 Å². The molecule has 0 spiro atoms. The van der Waals surface area contributed by atoms with Crippen molar-refractivity contribution in [3.63, 3.8) is 0 Å². The minimum atomic E-state index is 0.0897. The van der Waals surface area contributed by atoms with Gasteiger partial charge in [0.15, 0.2) is 0 Å². The van der Waals surface area contributed by atoms with Crippen LogP contribution < -0.4 is 10.6 Å². The molecule has 0 bridgehead atoms. The highest BCUT2D eigenvalue weighted by Gasteiger charge is 2.24. The number of hydrogen-bond donors (Lipinski definition) is 2. The van der Waals surface area contributed by atoms with Crippen LogP contribution in [-0.2, 0) is 22.4 Å². The summed E-state index contributed by atoms with van der Waals surface area (Å²) in [5.41, 5.74) is 5.20. The lowest BCUT2D eigenvalue weighted by Gasteiger charge is -2.15. The van der Waals surface area contributed by atoms with Crippen molar-refractivity contribution in [2.45, 2.75) is 63.5 Å². The molecule has 0 aromatic heterocycles. The fourth-order valence-corrected chi connectivity index (χ4v) is 4.52. The Morgan fingerprint density at radius 3 is 1.61 bits per heavy atom. The summed E-state index contributed by atoms with van der Waals surface area (Å²) in [7, 11) is 0. The molecular formula is C24H28N2O2. The van der Waals surface area contributed by atoms with E-state index in [1.54, 1.807) is 0 Å². The van der Waals surface area contributed by atoms with Crippen molar-refractivity contribution in [3.8, 4) is 0 Å². The van der Waals surface area contributed by atoms with Crippen LogP contribution in [0.3, 0.4) is 0 Å². The number of fused-ring (bicyclic) bond motifs is 2. The van der Waals surface area contributed by atoms with Crippen LogP contribution in [0.1, 0.15) is 72.9 Å². The third-order valence-corrected chi connectivity index (χ3v) is 5.99. The second kappa shape index (κ2) is 8.59. The largest absolute Gasteiger partial charge is 0.349 e. The predicted octanol–water partition coefficient (Wildman–Crippen LogP) is 4.15. The van der Waals surface area contributed by atoms with Gasteiger partial charge >= 0.3 is 0 Å². The summed E-state index contributed by atoms with van der Waals surface area (Å²) in [4.78, 5) is 24.5. The van der Waals surface area contributed by atoms with Crippen molar-refractivity contribution in [2.75, 3.05) is 0 Å². The van der Waals surface area contributed by atoms with E-state index in [9.17, 15) is 9.59 Å². The van der Waals surface area contributed by atoms with E-state index in [-0.39, 0.29) is 23.9 Å². The SMILES string of the molecule is O=C(CCCCC(=O)N[C@@H]1CCc2ccccc21)NC1CCc2ccccc21. The maximum atomic E-state index is 12.3. The van der Waals surface area contributed by atoms with Gasteiger partial charge in [0.1, 0.15) is 0 Å². The van der Waals surface area contributed by atoms with Crippen LogP contribution in [-0.4, -0.2) is 11.8 Å². The van der Waals surface area contributed by atoms with Gasteiger partial charge in [-0.1, -0.05) is 48.5 Å². The fraction of sp³-hybridized carbons (Fsp3) is 0.417. The molecule has 28 heavy (non-hydrogen) atoms. The maximum Gasteiger partial charge on any atom is 0.220 e. The van der Waals surface area contributed by atoms with Gasteiger partial charge in [0.2, 0.25) is 11.8 Å². The first-order valence-corrected chi connectivity index (χ1v) is 10.4. The van der Waals surface area contributed by atoms with Crippen LogP contribution in [0, 0.1) is 0 Å². The van der Waals surface area contributed by atoms with Gasteiger partial charge in [0.05, 0.1) is 12.1 Å². The second-order valence-electron chi connectivity index (χ2n) is 7.92. The molecule has 2 atom stereocenters. The van der Waals surface area contributed by atoms with Crippen LogP contribution >= 0.6 is 0 Å². The molecule has 2 aliphatic rings. The van der Waals surface area contributed by atoms with Crippen molar-refractivity contribution in [1.29, 1.82) is 0 Å². The van der Waals surface area contributed by atoms with Crippen molar-refractivity contribution in [3.05, 3.63) is 70.8 Å². The molecule has 0 fully saturated rings. The molecular weight excluding hydrogens is 348 g/mol. The molecule has 2 aromatic carbocycles. The first kappa shape index (κ1) is 18.7. The van der Waals surface area contributed by atoms with E-state index in [1.165, 1.54) is 22.3 Å². The van der Waals surface area contributed by atoms with Gasteiger partial charge in [-0.15, -0.1) is 0 Å². The smallest absolute Gasteiger partial charge is 0.220 e. The molecule has 0 saturated heterocycles. The molecule has 0 radical (unpaired) electrons. The number of unbranched alkanes of at least 4 members (excludes halogenated alkanes) is 1. The minimum Gasteiger partial charge on any atom is -0.349 e. The van der Waals surface area contributed by atoms with Crippen molar-refractivity contribution >= 4 is 11.8 Å². The molecule has 0 aliphatic heterocycles. The highest BCUT2D eigenvalue weighted by molar-refractivity contribution is 5.78. The number of hydrogen-bond acceptors (Lipinski definition) is 2. The molecule has 4 heteroatoms. The monoisotopic (exact) mass is 376 g/mol. The van der Waals surface area contributed by atoms with Crippen LogP contribution in [0.25, 0.3) is 0 Å². The molecule has 146 valence electrons. The van der Waals surface area contributed by atoms with E-state index in [2.05, 4.69) is 47.0 Å². The lowest BCUT2D eigenvalue weighted by Crippen LogP contribution is -2.28. The molecule has 1 unspecified atom stereocenters. The Morgan fingerprint density at radius 2 is 1.14 bits per heavy atom. The fourth-order valence-electron chi connectivity index (χ4n) is 4.52. The van der Waals surface area contributed by atoms with E-state index < -0.39 is 0 Å². The average molecular weight is 377 g/mol. The third-order valence-electron chi connectivity index (χ3n) is 5.99. The molecule has 4 nitrogen and oxygen atoms in total. The Bertz CT molecular complexity index is 790. The van der Waals surface area contributed by atoms with Crippen molar-refractivity contribution < 1.29 is 9.59 Å². The number of amides is 2. The van der Waals surface area contributed by atoms with Crippen LogP contribution in [0.4, 0.5) is 0 Å². The van der Waals surface area contributed by atoms with Crippen molar-refractivity contribution in [2.24, 2.45) is 0 Å². The zero-order chi connectivity index (χ0) is 19.3. The van der Waals surface area contributed by atoms with E-state index in [4.69, 9.17) is 0 Å². The number of carbonyl (C=O) groups excluding carboxylic acids is 2. The zero-order valence-electron chi connectivity index (χ0n) is 16.2. The van der Waals surface area contributed by atoms with Gasteiger partial charge in [-0.2, -0.15) is 0 Å². The lowest BCUT2D eigenvalue weighted by atomic mass is 10.1. The maximum absolute atomic E-state index is 12.3. The van der Waals surface area contributed by atoms with Gasteiger partial charge in [-0.05, 0) is 60.8 Å². The van der Waals surface area contributed by atoms with Gasteiger partial charge in [0, 0.05) is 12.8 Å². The van der Waals surface area contributed by atoms with E-state index in [0.29, 0.717) is 12.8 Å². The summed E-state index contributed by atoms with van der Waals surface area (Å²) in [6.07, 6.45) is 6.49. The molecule has 4 rings (SSSR count). The Kier molecular flexibility index (Phi) is 5.75. The summed E-state index contributed by atoms with van der Waals surface area (Å²) in [5.74, 6) is 0.179. The summed E-state index contributed by atoms with van der Waals surface area (Å²) in [6.45, 7) is 0. The van der Waals surface area contributed by atoms with E-state index in [1.807, 2.05) is 12.1 Å². The molecule has 2 N–H and O–H groups in total. The second-order valence-corrected chi connectivity index (χ2v) is 7.92. The quantitative estimate of drug-likeness (QED) is 0.713. The summed E-state index contributed by atoms with van der Waals surface area (Å²) in [5, 5.41) is 6.31. The number of nitrogens with one attached hydrogen (secondary N) is 2. The van der Waals surface area contributed by atoms with Gasteiger partial charge in [-0.25, -0.2) is 0 Å². The Morgan fingerprint density at radius 1 is 0.714 bits per heavy atom. The molecule has 0 saturated carbocycles. The minimum absolute atomic E-state index is 0.0897. The Balaban J connectivity index is 1.15. The molecule has 2 aromatic rings. The topological polar surface area (TPSA) is 58.2 Å². The van der Waals surface area contributed by atoms with E-state index in [0.717, 1.165) is 38.5 Å². The number of carbonyl (C=O) groups is 2. The highest BCUT2D eigenvalue weighted by atomic mass is 16.2. The average Bonchev–Trinajstić information content (AvgIpc) is 3.30. The Labute approximate surface area is 166 Å². The molecule has 2 amide bonds. The zero-order valence-corrected chi connectivity index (χ0v) is 16.2. The normalized spacial score (nSPS) is 19.7. The predicted molar refractivity (Wildman–Crippen MR) is 110 cm³/mol. The van der Waals surface area contributed by atoms with Gasteiger partial charge in [0.25, 0.3) is 0 Å². The lowest BCUT2D eigenvalue weighted by molar-refractivity contribution is -0.123. The number of benzene rings is 2. The highest BCUT2D eigenvalue weighted by Crippen LogP contribution is 2.31. The van der Waals surface area contributed by atoms with Crippen LogP contribution in [0.2, 0.25) is 0 Å². The van der Waals surface area contributed by atoms with Crippen LogP contribution in [0.15, 0.2) is 48.5 Å². The molecule has 2 aliphatic carbocycles. The van der Waals surface area contributed by atoms with Gasteiger partial charge < -0.3 is 10.6 Å². The number of aryl methyl sites for hydroxylation is 2. The standard InChI is InChI=1S/C24H28N2O2/c27-23(25-21-15-13-17-7-1-3-9-19(17)21)11-5-6-12-24(28)26-22-16-14-18-8-2-4-10-20(18)22/h1-4,7-10,21-22H,5-6,11-16H2,(H,25,27)(H,26,28)/t21-,22?/m1/s1. The van der Waals surface area contributed by atoms with Crippen LogP contribution in [0.5, 0.6) is 0 Å².